The average molecular weight is 293 g/mol. The zero-order valence-electron chi connectivity index (χ0n) is 13.3. The number of carbonyl (C=O) groups excluding carboxylic acids is 1. The fourth-order valence-corrected chi connectivity index (χ4v) is 2.16. The van der Waals surface area contributed by atoms with Gasteiger partial charge in [-0.2, -0.15) is 0 Å². The van der Waals surface area contributed by atoms with E-state index in [0.717, 1.165) is 25.7 Å². The van der Waals surface area contributed by atoms with Gasteiger partial charge in [0.05, 0.1) is 5.69 Å². The molecule has 0 aliphatic heterocycles. The van der Waals surface area contributed by atoms with E-state index >= 15 is 0 Å². The summed E-state index contributed by atoms with van der Waals surface area (Å²) in [6.07, 6.45) is 5.28. The van der Waals surface area contributed by atoms with Crippen molar-refractivity contribution >= 4 is 11.6 Å². The van der Waals surface area contributed by atoms with E-state index < -0.39 is 0 Å². The third kappa shape index (κ3) is 6.12. The molecular formula is C16H27N3O2. The molecule has 1 rings (SSSR count). The largest absolute Gasteiger partial charge is 0.328 e. The molecule has 0 saturated carbocycles. The van der Waals surface area contributed by atoms with Crippen molar-refractivity contribution in [2.75, 3.05) is 5.32 Å². The maximum atomic E-state index is 12.1. The van der Waals surface area contributed by atoms with E-state index in [9.17, 15) is 9.59 Å². The van der Waals surface area contributed by atoms with Crippen LogP contribution in [0.15, 0.2) is 23.1 Å². The highest BCUT2D eigenvalue weighted by Gasteiger charge is 2.13. The minimum atomic E-state index is -0.0599. The van der Waals surface area contributed by atoms with E-state index in [1.165, 1.54) is 6.07 Å². The second-order valence-electron chi connectivity index (χ2n) is 5.75. The van der Waals surface area contributed by atoms with Gasteiger partial charge in [0, 0.05) is 30.8 Å². The van der Waals surface area contributed by atoms with Crippen LogP contribution >= 0.6 is 0 Å². The van der Waals surface area contributed by atoms with Gasteiger partial charge in [-0.1, -0.05) is 20.3 Å². The Balaban J connectivity index is 2.57. The van der Waals surface area contributed by atoms with Crippen molar-refractivity contribution in [1.29, 1.82) is 0 Å². The number of hydrogen-bond acceptors (Lipinski definition) is 3. The lowest BCUT2D eigenvalue weighted by molar-refractivity contribution is -0.119. The van der Waals surface area contributed by atoms with Gasteiger partial charge < -0.3 is 15.6 Å². The van der Waals surface area contributed by atoms with Crippen LogP contribution in [0.2, 0.25) is 0 Å². The van der Waals surface area contributed by atoms with Gasteiger partial charge in [0.15, 0.2) is 0 Å². The summed E-state index contributed by atoms with van der Waals surface area (Å²) < 4.78 is 1.62. The molecule has 1 heterocycles. The topological polar surface area (TPSA) is 77.1 Å². The zero-order chi connectivity index (χ0) is 15.8. The Hall–Kier alpha value is -1.62. The number of pyridine rings is 1. The molecule has 0 aliphatic carbocycles. The Morgan fingerprint density at radius 1 is 1.33 bits per heavy atom. The van der Waals surface area contributed by atoms with Crippen LogP contribution in [0.1, 0.15) is 46.5 Å². The van der Waals surface area contributed by atoms with Crippen LogP contribution in [0, 0.1) is 5.92 Å². The molecule has 0 radical (unpaired) electrons. The fraction of sp³-hybridized carbons (Fsp3) is 0.625. The number of aryl methyl sites for hydroxylation is 1. The quantitative estimate of drug-likeness (QED) is 0.772. The zero-order valence-corrected chi connectivity index (χ0v) is 13.3. The van der Waals surface area contributed by atoms with Crippen molar-refractivity contribution in [2.45, 2.75) is 59.0 Å². The van der Waals surface area contributed by atoms with Crippen LogP contribution in [0.25, 0.3) is 0 Å². The Labute approximate surface area is 126 Å². The number of nitrogens with one attached hydrogen (secondary N) is 1. The lowest BCUT2D eigenvalue weighted by Crippen LogP contribution is -2.24. The number of rotatable bonds is 8. The normalized spacial score (nSPS) is 13.7. The van der Waals surface area contributed by atoms with Crippen molar-refractivity contribution in [3.8, 4) is 0 Å². The number of anilines is 1. The van der Waals surface area contributed by atoms with Gasteiger partial charge in [-0.25, -0.2) is 0 Å². The van der Waals surface area contributed by atoms with Crippen LogP contribution in [-0.4, -0.2) is 16.5 Å². The van der Waals surface area contributed by atoms with Crippen molar-refractivity contribution in [3.05, 3.63) is 28.7 Å². The van der Waals surface area contributed by atoms with Gasteiger partial charge >= 0.3 is 0 Å². The molecule has 21 heavy (non-hydrogen) atoms. The predicted molar refractivity (Wildman–Crippen MR) is 86.3 cm³/mol. The molecule has 2 atom stereocenters. The number of hydrogen-bond donors (Lipinski definition) is 2. The van der Waals surface area contributed by atoms with Crippen molar-refractivity contribution in [2.24, 2.45) is 11.7 Å². The summed E-state index contributed by atoms with van der Waals surface area (Å²) in [6.45, 7) is 6.56. The first-order valence-electron chi connectivity index (χ1n) is 7.71. The molecule has 0 fully saturated rings. The first kappa shape index (κ1) is 17.4. The van der Waals surface area contributed by atoms with Crippen LogP contribution in [-0.2, 0) is 11.3 Å². The van der Waals surface area contributed by atoms with Gasteiger partial charge in [0.1, 0.15) is 0 Å². The fourth-order valence-electron chi connectivity index (χ4n) is 2.16. The second-order valence-corrected chi connectivity index (χ2v) is 5.75. The molecule has 5 nitrogen and oxygen atoms in total. The van der Waals surface area contributed by atoms with E-state index in [0.29, 0.717) is 12.2 Å². The summed E-state index contributed by atoms with van der Waals surface area (Å²) in [4.78, 5) is 23.7. The molecule has 1 aromatic heterocycles. The molecule has 0 aliphatic rings. The van der Waals surface area contributed by atoms with Crippen LogP contribution in [0.5, 0.6) is 0 Å². The Kier molecular flexibility index (Phi) is 7.15. The Morgan fingerprint density at radius 2 is 2.05 bits per heavy atom. The molecule has 0 saturated heterocycles. The minimum Gasteiger partial charge on any atom is -0.328 e. The van der Waals surface area contributed by atoms with Crippen molar-refractivity contribution < 1.29 is 4.79 Å². The molecule has 0 bridgehead atoms. The van der Waals surface area contributed by atoms with E-state index in [-0.39, 0.29) is 23.4 Å². The Bertz CT molecular complexity index is 508. The molecule has 1 aromatic rings. The third-order valence-electron chi connectivity index (χ3n) is 3.46. The lowest BCUT2D eigenvalue weighted by Gasteiger charge is -2.14. The van der Waals surface area contributed by atoms with Crippen molar-refractivity contribution in [3.63, 3.8) is 0 Å². The van der Waals surface area contributed by atoms with E-state index in [2.05, 4.69) is 5.32 Å². The van der Waals surface area contributed by atoms with Gasteiger partial charge in [-0.15, -0.1) is 0 Å². The van der Waals surface area contributed by atoms with Gasteiger partial charge in [0.25, 0.3) is 5.56 Å². The smallest absolute Gasteiger partial charge is 0.250 e. The summed E-state index contributed by atoms with van der Waals surface area (Å²) in [6, 6.07) is 3.32. The molecule has 1 amide bonds. The predicted octanol–water partition coefficient (Wildman–Crippen LogP) is 2.35. The molecular weight excluding hydrogens is 266 g/mol. The van der Waals surface area contributed by atoms with Crippen LogP contribution < -0.4 is 16.6 Å². The standard InChI is InChI=1S/C16H27N3O2/c1-4-10-19-11-14(8-9-15(19)20)18-16(21)12(2)6-5-7-13(3)17/h8-9,11-13H,4-7,10,17H2,1-3H3,(H,18,21). The lowest BCUT2D eigenvalue weighted by atomic mass is 10.0. The Morgan fingerprint density at radius 3 is 2.67 bits per heavy atom. The van der Waals surface area contributed by atoms with Gasteiger partial charge in [-0.3, -0.25) is 9.59 Å². The van der Waals surface area contributed by atoms with Crippen LogP contribution in [0.3, 0.4) is 0 Å². The third-order valence-corrected chi connectivity index (χ3v) is 3.46. The highest BCUT2D eigenvalue weighted by molar-refractivity contribution is 5.92. The summed E-state index contributed by atoms with van der Waals surface area (Å²) >= 11 is 0. The summed E-state index contributed by atoms with van der Waals surface area (Å²) in [5.41, 5.74) is 6.34. The number of nitrogens with two attached hydrogens (primary N) is 1. The molecule has 0 spiro atoms. The van der Waals surface area contributed by atoms with Crippen LogP contribution in [0.4, 0.5) is 5.69 Å². The summed E-state index contributed by atoms with van der Waals surface area (Å²) in [5.74, 6) is -0.0725. The second kappa shape index (κ2) is 8.62. The molecule has 0 aromatic carbocycles. The highest BCUT2D eigenvalue weighted by Crippen LogP contribution is 2.12. The van der Waals surface area contributed by atoms with E-state index in [4.69, 9.17) is 5.73 Å². The monoisotopic (exact) mass is 293 g/mol. The highest BCUT2D eigenvalue weighted by atomic mass is 16.2. The van der Waals surface area contributed by atoms with Crippen molar-refractivity contribution in [1.82, 2.24) is 4.57 Å². The first-order chi connectivity index (χ1) is 9.93. The first-order valence-corrected chi connectivity index (χ1v) is 7.71. The molecule has 3 N–H and O–H groups in total. The average Bonchev–Trinajstić information content (AvgIpc) is 2.42. The molecule has 2 unspecified atom stereocenters. The maximum Gasteiger partial charge on any atom is 0.250 e. The summed E-state index contributed by atoms with van der Waals surface area (Å²) in [5, 5.41) is 2.88. The summed E-state index contributed by atoms with van der Waals surface area (Å²) in [7, 11) is 0. The number of nitrogens with zero attached hydrogens (tertiary/aromatic N) is 1. The molecule has 5 heteroatoms. The number of carbonyl (C=O) groups is 1. The van der Waals surface area contributed by atoms with Gasteiger partial charge in [0.2, 0.25) is 5.91 Å². The number of aromatic nitrogens is 1. The number of amides is 1. The minimum absolute atomic E-state index is 0.0126. The maximum absolute atomic E-state index is 12.1. The van der Waals surface area contributed by atoms with Gasteiger partial charge in [-0.05, 0) is 32.3 Å². The molecule has 118 valence electrons. The van der Waals surface area contributed by atoms with E-state index in [1.807, 2.05) is 20.8 Å². The van der Waals surface area contributed by atoms with E-state index in [1.54, 1.807) is 16.8 Å². The SMILES string of the molecule is CCCn1cc(NC(=O)C(C)CCCC(C)N)ccc1=O.